The Hall–Kier alpha value is -1.12. The summed E-state index contributed by atoms with van der Waals surface area (Å²) < 4.78 is 0. The fourth-order valence-corrected chi connectivity index (χ4v) is 3.56. The van der Waals surface area contributed by atoms with Gasteiger partial charge in [-0.25, -0.2) is 0 Å². The summed E-state index contributed by atoms with van der Waals surface area (Å²) in [5.74, 6) is 0. The number of benzene rings is 1. The number of aliphatic hydroxyl groups is 1. The van der Waals surface area contributed by atoms with E-state index in [2.05, 4.69) is 31.2 Å². The molecule has 1 aliphatic carbocycles. The van der Waals surface area contributed by atoms with Gasteiger partial charge in [0, 0.05) is 0 Å². The molecule has 3 N–H and O–H groups in total. The van der Waals surface area contributed by atoms with Crippen molar-refractivity contribution in [1.82, 2.24) is 0 Å². The molecule has 0 unspecified atom stereocenters. The Kier molecular flexibility index (Phi) is 7.51. The minimum Gasteiger partial charge on any atom is -0.394 e. The van der Waals surface area contributed by atoms with Crippen molar-refractivity contribution in [3.63, 3.8) is 0 Å². The Bertz CT molecular complexity index is 545. The van der Waals surface area contributed by atoms with Gasteiger partial charge in [-0.2, -0.15) is 0 Å². The van der Waals surface area contributed by atoms with Crippen molar-refractivity contribution in [3.05, 3.63) is 40.5 Å². The van der Waals surface area contributed by atoms with Gasteiger partial charge >= 0.3 is 0 Å². The smallest absolute Gasteiger partial charge is 0.0647 e. The van der Waals surface area contributed by atoms with E-state index in [0.29, 0.717) is 0 Å². The number of aryl methyl sites for hydroxylation is 2. The molecule has 2 nitrogen and oxygen atoms in total. The van der Waals surface area contributed by atoms with E-state index >= 15 is 0 Å². The maximum absolute atomic E-state index is 9.54. The second-order valence-corrected chi connectivity index (χ2v) is 7.65. The van der Waals surface area contributed by atoms with E-state index in [1.54, 1.807) is 0 Å². The lowest BCUT2D eigenvalue weighted by atomic mass is 9.90. The molecule has 2 rings (SSSR count). The zero-order valence-corrected chi connectivity index (χ0v) is 15.6. The Morgan fingerprint density at radius 1 is 1.08 bits per heavy atom. The number of fused-ring (bicyclic) bond motifs is 1. The van der Waals surface area contributed by atoms with Crippen molar-refractivity contribution in [2.24, 2.45) is 5.73 Å². The van der Waals surface area contributed by atoms with Crippen LogP contribution in [0.15, 0.2) is 23.8 Å². The van der Waals surface area contributed by atoms with Crippen LogP contribution in [0.5, 0.6) is 0 Å². The highest BCUT2D eigenvalue weighted by molar-refractivity contribution is 5.60. The van der Waals surface area contributed by atoms with Crippen molar-refractivity contribution in [2.75, 3.05) is 6.61 Å². The second-order valence-electron chi connectivity index (χ2n) is 7.65. The van der Waals surface area contributed by atoms with Gasteiger partial charge in [-0.05, 0) is 61.3 Å². The molecule has 1 aromatic carbocycles. The quantitative estimate of drug-likeness (QED) is 0.625. The zero-order chi connectivity index (χ0) is 17.4. The summed E-state index contributed by atoms with van der Waals surface area (Å²) in [6.07, 6.45) is 14.7. The first kappa shape index (κ1) is 19.2. The number of nitrogens with two attached hydrogens (primary N) is 1. The lowest BCUT2D eigenvalue weighted by Crippen LogP contribution is -2.42. The molecule has 0 heterocycles. The molecule has 134 valence electrons. The normalized spacial score (nSPS) is 16.9. The van der Waals surface area contributed by atoms with E-state index in [0.717, 1.165) is 19.3 Å². The summed E-state index contributed by atoms with van der Waals surface area (Å²) in [4.78, 5) is 0. The maximum atomic E-state index is 9.54. The highest BCUT2D eigenvalue weighted by atomic mass is 16.3. The fourth-order valence-electron chi connectivity index (χ4n) is 3.56. The molecule has 0 amide bonds. The van der Waals surface area contributed by atoms with Gasteiger partial charge in [0.25, 0.3) is 0 Å². The topological polar surface area (TPSA) is 46.2 Å². The second kappa shape index (κ2) is 9.39. The van der Waals surface area contributed by atoms with Crippen molar-refractivity contribution in [1.29, 1.82) is 0 Å². The zero-order valence-electron chi connectivity index (χ0n) is 15.6. The largest absolute Gasteiger partial charge is 0.394 e. The van der Waals surface area contributed by atoms with Gasteiger partial charge < -0.3 is 10.8 Å². The molecule has 0 saturated carbocycles. The minimum absolute atomic E-state index is 0.00425. The van der Waals surface area contributed by atoms with Gasteiger partial charge in [0.1, 0.15) is 0 Å². The number of rotatable bonds is 9. The van der Waals surface area contributed by atoms with Gasteiger partial charge in [-0.3, -0.25) is 0 Å². The summed E-state index contributed by atoms with van der Waals surface area (Å²) >= 11 is 0. The van der Waals surface area contributed by atoms with Crippen LogP contribution < -0.4 is 5.73 Å². The molecule has 2 heteroatoms. The Labute approximate surface area is 148 Å². The fraction of sp³-hybridized carbons (Fsp3) is 0.636. The summed E-state index contributed by atoms with van der Waals surface area (Å²) in [5.41, 5.74) is 11.0. The van der Waals surface area contributed by atoms with Crippen LogP contribution in [-0.4, -0.2) is 17.3 Å². The standard InChI is InChI=1S/C22H35NO/c1-3-4-5-6-7-8-10-18-13-14-20-16-21(22(2,23)17-24)12-9-11-19(20)15-18/h13-16,24H,3-12,17,23H2,1-2H3/t22-/m0/s1. The molecule has 0 saturated heterocycles. The van der Waals surface area contributed by atoms with E-state index in [1.165, 1.54) is 67.2 Å². The molecule has 0 bridgehead atoms. The third-order valence-electron chi connectivity index (χ3n) is 5.31. The summed E-state index contributed by atoms with van der Waals surface area (Å²) in [6, 6.07) is 6.92. The van der Waals surface area contributed by atoms with Gasteiger partial charge in [0.2, 0.25) is 0 Å². The van der Waals surface area contributed by atoms with Crippen LogP contribution >= 0.6 is 0 Å². The van der Waals surface area contributed by atoms with Gasteiger partial charge in [-0.1, -0.05) is 63.3 Å². The molecule has 1 aliphatic rings. The highest BCUT2D eigenvalue weighted by Gasteiger charge is 2.24. The number of unbranched alkanes of at least 4 members (excludes halogenated alkanes) is 5. The SMILES string of the molecule is CCCCCCCCc1ccc2c(c1)CCCC([C@@](C)(N)CO)=C2. The molecular weight excluding hydrogens is 294 g/mol. The monoisotopic (exact) mass is 329 g/mol. The van der Waals surface area contributed by atoms with Crippen LogP contribution in [0.4, 0.5) is 0 Å². The molecule has 0 spiro atoms. The molecule has 24 heavy (non-hydrogen) atoms. The predicted octanol–water partition coefficient (Wildman–Crippen LogP) is 5.02. The summed E-state index contributed by atoms with van der Waals surface area (Å²) in [7, 11) is 0. The Balaban J connectivity index is 1.97. The minimum atomic E-state index is -0.598. The first-order valence-corrected chi connectivity index (χ1v) is 9.79. The lowest BCUT2D eigenvalue weighted by molar-refractivity contribution is 0.229. The van der Waals surface area contributed by atoms with Crippen LogP contribution in [0, 0.1) is 0 Å². The first-order valence-electron chi connectivity index (χ1n) is 9.79. The number of aliphatic hydroxyl groups excluding tert-OH is 1. The van der Waals surface area contributed by atoms with Crippen molar-refractivity contribution in [2.45, 2.75) is 83.6 Å². The number of hydrogen-bond acceptors (Lipinski definition) is 2. The summed E-state index contributed by atoms with van der Waals surface area (Å²) in [6.45, 7) is 4.20. The highest BCUT2D eigenvalue weighted by Crippen LogP contribution is 2.29. The Morgan fingerprint density at radius 3 is 2.58 bits per heavy atom. The van der Waals surface area contributed by atoms with Crippen LogP contribution in [-0.2, 0) is 12.8 Å². The van der Waals surface area contributed by atoms with Gasteiger partial charge in [0.15, 0.2) is 0 Å². The van der Waals surface area contributed by atoms with Crippen molar-refractivity contribution < 1.29 is 5.11 Å². The molecule has 1 aromatic rings. The average Bonchev–Trinajstić information content (AvgIpc) is 2.80. The molecule has 0 aliphatic heterocycles. The molecular formula is C22H35NO. The van der Waals surface area contributed by atoms with Crippen molar-refractivity contribution in [3.8, 4) is 0 Å². The van der Waals surface area contributed by atoms with E-state index in [9.17, 15) is 5.11 Å². The average molecular weight is 330 g/mol. The van der Waals surface area contributed by atoms with E-state index < -0.39 is 5.54 Å². The molecule has 0 fully saturated rings. The molecule has 1 atom stereocenters. The van der Waals surface area contributed by atoms with Crippen LogP contribution in [0.2, 0.25) is 0 Å². The molecule has 0 aromatic heterocycles. The van der Waals surface area contributed by atoms with Crippen LogP contribution in [0.3, 0.4) is 0 Å². The van der Waals surface area contributed by atoms with Crippen molar-refractivity contribution >= 4 is 6.08 Å². The third-order valence-corrected chi connectivity index (χ3v) is 5.31. The van der Waals surface area contributed by atoms with E-state index in [1.807, 2.05) is 6.92 Å². The molecule has 0 radical (unpaired) electrons. The summed E-state index contributed by atoms with van der Waals surface area (Å²) in [5, 5.41) is 9.54. The first-order chi connectivity index (χ1) is 11.6. The van der Waals surface area contributed by atoms with Gasteiger partial charge in [0.05, 0.1) is 12.1 Å². The van der Waals surface area contributed by atoms with E-state index in [-0.39, 0.29) is 6.61 Å². The predicted molar refractivity (Wildman–Crippen MR) is 104 cm³/mol. The van der Waals surface area contributed by atoms with Crippen LogP contribution in [0.1, 0.15) is 81.9 Å². The number of hydrogen-bond donors (Lipinski definition) is 2. The van der Waals surface area contributed by atoms with Crippen LogP contribution in [0.25, 0.3) is 6.08 Å². The van der Waals surface area contributed by atoms with Gasteiger partial charge in [-0.15, -0.1) is 0 Å². The third kappa shape index (κ3) is 5.46. The van der Waals surface area contributed by atoms with E-state index in [4.69, 9.17) is 5.73 Å². The maximum Gasteiger partial charge on any atom is 0.0647 e. The Morgan fingerprint density at radius 2 is 1.83 bits per heavy atom. The lowest BCUT2D eigenvalue weighted by Gasteiger charge is -2.25.